The van der Waals surface area contributed by atoms with Gasteiger partial charge in [0.25, 0.3) is 0 Å². The molecule has 6 heteroatoms. The molecular formula is C18H24N2O4. The molecule has 2 saturated heterocycles. The molecule has 2 aliphatic rings. The normalized spacial score (nSPS) is 27.5. The second-order valence-corrected chi connectivity index (χ2v) is 6.60. The van der Waals surface area contributed by atoms with E-state index in [1.165, 1.54) is 0 Å². The first-order chi connectivity index (χ1) is 11.5. The first kappa shape index (κ1) is 16.8. The van der Waals surface area contributed by atoms with Crippen LogP contribution in [0.2, 0.25) is 0 Å². The van der Waals surface area contributed by atoms with E-state index in [0.29, 0.717) is 19.6 Å². The molecule has 6 nitrogen and oxygen atoms in total. The van der Waals surface area contributed by atoms with Crippen molar-refractivity contribution in [3.63, 3.8) is 0 Å². The van der Waals surface area contributed by atoms with Crippen LogP contribution < -0.4 is 9.64 Å². The second kappa shape index (κ2) is 6.81. The van der Waals surface area contributed by atoms with Crippen molar-refractivity contribution >= 4 is 17.5 Å². The van der Waals surface area contributed by atoms with Crippen molar-refractivity contribution < 1.29 is 19.1 Å². The number of carbonyl (C=O) groups excluding carboxylic acids is 2. The zero-order valence-corrected chi connectivity index (χ0v) is 14.4. The van der Waals surface area contributed by atoms with Crippen LogP contribution in [0.25, 0.3) is 0 Å². The van der Waals surface area contributed by atoms with Gasteiger partial charge in [0.2, 0.25) is 11.8 Å². The number of amides is 2. The van der Waals surface area contributed by atoms with E-state index < -0.39 is 0 Å². The van der Waals surface area contributed by atoms with Crippen molar-refractivity contribution in [3.05, 3.63) is 24.3 Å². The number of benzene rings is 1. The van der Waals surface area contributed by atoms with Crippen LogP contribution in [0.4, 0.5) is 5.69 Å². The molecule has 1 aromatic rings. The predicted octanol–water partition coefficient (Wildman–Crippen LogP) is 1.68. The van der Waals surface area contributed by atoms with Crippen LogP contribution in [-0.4, -0.2) is 55.7 Å². The van der Waals surface area contributed by atoms with E-state index in [-0.39, 0.29) is 36.4 Å². The Morgan fingerprint density at radius 2 is 1.75 bits per heavy atom. The van der Waals surface area contributed by atoms with Gasteiger partial charge in [-0.1, -0.05) is 0 Å². The van der Waals surface area contributed by atoms with Crippen LogP contribution in [-0.2, 0) is 14.3 Å². The third-order valence-electron chi connectivity index (χ3n) is 4.59. The molecule has 2 aliphatic heterocycles. The lowest BCUT2D eigenvalue weighted by Crippen LogP contribution is -2.50. The number of methoxy groups -OCH3 is 1. The van der Waals surface area contributed by atoms with Gasteiger partial charge in [-0.15, -0.1) is 0 Å². The van der Waals surface area contributed by atoms with Crippen molar-refractivity contribution in [2.24, 2.45) is 5.92 Å². The molecule has 130 valence electrons. The van der Waals surface area contributed by atoms with E-state index in [1.54, 1.807) is 12.0 Å². The van der Waals surface area contributed by atoms with Crippen LogP contribution in [0, 0.1) is 5.92 Å². The van der Waals surface area contributed by atoms with Gasteiger partial charge in [0.1, 0.15) is 5.75 Å². The highest BCUT2D eigenvalue weighted by molar-refractivity contribution is 6.00. The van der Waals surface area contributed by atoms with E-state index in [1.807, 2.05) is 43.0 Å². The monoisotopic (exact) mass is 332 g/mol. The van der Waals surface area contributed by atoms with E-state index in [2.05, 4.69) is 0 Å². The van der Waals surface area contributed by atoms with E-state index in [0.717, 1.165) is 11.4 Å². The zero-order chi connectivity index (χ0) is 17.3. The minimum Gasteiger partial charge on any atom is -0.497 e. The molecule has 0 spiro atoms. The fourth-order valence-electron chi connectivity index (χ4n) is 3.50. The minimum atomic E-state index is -0.280. The largest absolute Gasteiger partial charge is 0.497 e. The number of rotatable bonds is 3. The summed E-state index contributed by atoms with van der Waals surface area (Å²) in [7, 11) is 1.61. The quantitative estimate of drug-likeness (QED) is 0.845. The van der Waals surface area contributed by atoms with Gasteiger partial charge in [-0.2, -0.15) is 0 Å². The van der Waals surface area contributed by atoms with Crippen LogP contribution >= 0.6 is 0 Å². The second-order valence-electron chi connectivity index (χ2n) is 6.60. The summed E-state index contributed by atoms with van der Waals surface area (Å²) in [5.41, 5.74) is 0.805. The van der Waals surface area contributed by atoms with Gasteiger partial charge in [0.05, 0.1) is 25.2 Å². The Hall–Kier alpha value is -2.08. The molecule has 2 amide bonds. The summed E-state index contributed by atoms with van der Waals surface area (Å²) in [4.78, 5) is 28.7. The fourth-order valence-corrected chi connectivity index (χ4v) is 3.50. The molecular weight excluding hydrogens is 308 g/mol. The number of anilines is 1. The Morgan fingerprint density at radius 3 is 2.33 bits per heavy atom. The molecule has 0 unspecified atom stereocenters. The van der Waals surface area contributed by atoms with Crippen molar-refractivity contribution in [2.75, 3.05) is 31.6 Å². The summed E-state index contributed by atoms with van der Waals surface area (Å²) >= 11 is 0. The lowest BCUT2D eigenvalue weighted by atomic mass is 10.1. The minimum absolute atomic E-state index is 0.00660. The Kier molecular flexibility index (Phi) is 4.76. The molecule has 0 aliphatic carbocycles. The van der Waals surface area contributed by atoms with Gasteiger partial charge in [-0.05, 0) is 38.1 Å². The summed E-state index contributed by atoms with van der Waals surface area (Å²) < 4.78 is 10.8. The Balaban J connectivity index is 1.68. The highest BCUT2D eigenvalue weighted by Crippen LogP contribution is 2.28. The highest BCUT2D eigenvalue weighted by Gasteiger charge is 2.38. The van der Waals surface area contributed by atoms with E-state index >= 15 is 0 Å². The maximum absolute atomic E-state index is 12.8. The van der Waals surface area contributed by atoms with E-state index in [4.69, 9.17) is 9.47 Å². The molecule has 0 saturated carbocycles. The predicted molar refractivity (Wildman–Crippen MR) is 90.0 cm³/mol. The summed E-state index contributed by atoms with van der Waals surface area (Å²) in [6, 6.07) is 7.34. The summed E-state index contributed by atoms with van der Waals surface area (Å²) in [5, 5.41) is 0. The summed E-state index contributed by atoms with van der Waals surface area (Å²) in [6.45, 7) is 5.57. The van der Waals surface area contributed by atoms with Crippen molar-refractivity contribution in [3.8, 4) is 5.75 Å². The number of nitrogens with zero attached hydrogens (tertiary/aromatic N) is 2. The maximum atomic E-state index is 12.8. The smallest absolute Gasteiger partial charge is 0.228 e. The summed E-state index contributed by atoms with van der Waals surface area (Å²) in [5.74, 6) is 0.514. The highest BCUT2D eigenvalue weighted by atomic mass is 16.5. The SMILES string of the molecule is COc1ccc(N2C[C@H](C(=O)N3C[C@@H](C)O[C@@H](C)C3)CC2=O)cc1. The Bertz CT molecular complexity index is 606. The van der Waals surface area contributed by atoms with Gasteiger partial charge in [-0.25, -0.2) is 0 Å². The topological polar surface area (TPSA) is 59.1 Å². The molecule has 1 aromatic carbocycles. The molecule has 3 rings (SSSR count). The third-order valence-corrected chi connectivity index (χ3v) is 4.59. The molecule has 2 heterocycles. The molecule has 2 fully saturated rings. The molecule has 0 N–H and O–H groups in total. The molecule has 0 aromatic heterocycles. The van der Waals surface area contributed by atoms with Crippen molar-refractivity contribution in [2.45, 2.75) is 32.5 Å². The van der Waals surface area contributed by atoms with E-state index in [9.17, 15) is 9.59 Å². The maximum Gasteiger partial charge on any atom is 0.228 e. The average molecular weight is 332 g/mol. The third kappa shape index (κ3) is 3.38. The fraction of sp³-hybridized carbons (Fsp3) is 0.556. The number of hydrogen-bond acceptors (Lipinski definition) is 4. The molecule has 24 heavy (non-hydrogen) atoms. The van der Waals surface area contributed by atoms with Crippen LogP contribution in [0.15, 0.2) is 24.3 Å². The standard InChI is InChI=1S/C18H24N2O4/c1-12-9-19(10-13(2)24-12)18(22)14-8-17(21)20(11-14)15-4-6-16(23-3)7-5-15/h4-7,12-14H,8-11H2,1-3H3/t12-,13+,14-/m1/s1. The number of hydrogen-bond donors (Lipinski definition) is 0. The molecule has 0 radical (unpaired) electrons. The lowest BCUT2D eigenvalue weighted by Gasteiger charge is -2.36. The van der Waals surface area contributed by atoms with Crippen molar-refractivity contribution in [1.82, 2.24) is 4.90 Å². The zero-order valence-electron chi connectivity index (χ0n) is 14.4. The average Bonchev–Trinajstić information content (AvgIpc) is 2.95. The number of morpholine rings is 1. The van der Waals surface area contributed by atoms with Crippen LogP contribution in [0.1, 0.15) is 20.3 Å². The van der Waals surface area contributed by atoms with Gasteiger partial charge in [0.15, 0.2) is 0 Å². The summed E-state index contributed by atoms with van der Waals surface area (Å²) in [6.07, 6.45) is 0.338. The van der Waals surface area contributed by atoms with Gasteiger partial charge >= 0.3 is 0 Å². The number of carbonyl (C=O) groups is 2. The van der Waals surface area contributed by atoms with Gasteiger partial charge < -0.3 is 19.3 Å². The van der Waals surface area contributed by atoms with Gasteiger partial charge in [0, 0.05) is 31.7 Å². The first-order valence-electron chi connectivity index (χ1n) is 8.36. The van der Waals surface area contributed by atoms with Crippen LogP contribution in [0.3, 0.4) is 0 Å². The lowest BCUT2D eigenvalue weighted by molar-refractivity contribution is -0.147. The molecule has 0 bridgehead atoms. The number of ether oxygens (including phenoxy) is 2. The van der Waals surface area contributed by atoms with Crippen LogP contribution in [0.5, 0.6) is 5.75 Å². The first-order valence-corrected chi connectivity index (χ1v) is 8.36. The van der Waals surface area contributed by atoms with Gasteiger partial charge in [-0.3, -0.25) is 9.59 Å². The Morgan fingerprint density at radius 1 is 1.12 bits per heavy atom. The molecule has 3 atom stereocenters. The van der Waals surface area contributed by atoms with Crippen molar-refractivity contribution in [1.29, 1.82) is 0 Å². The Labute approximate surface area is 142 Å².